The van der Waals surface area contributed by atoms with E-state index in [1.54, 1.807) is 24.3 Å². The third kappa shape index (κ3) is 4.83. The third-order valence-corrected chi connectivity index (χ3v) is 3.50. The van der Waals surface area contributed by atoms with Gasteiger partial charge in [-0.2, -0.15) is 8.78 Å². The Morgan fingerprint density at radius 3 is 2.62 bits per heavy atom. The molecule has 2 N–H and O–H groups in total. The van der Waals surface area contributed by atoms with Gasteiger partial charge in [0, 0.05) is 17.3 Å². The monoisotopic (exact) mass is 337 g/mol. The zero-order chi connectivity index (χ0) is 17.5. The molecule has 130 valence electrons. The number of anilines is 1. The average Bonchev–Trinajstić information content (AvgIpc) is 2.56. The highest BCUT2D eigenvalue weighted by Crippen LogP contribution is 2.27. The van der Waals surface area contributed by atoms with E-state index in [0.717, 1.165) is 11.3 Å². The third-order valence-electron chi connectivity index (χ3n) is 3.50. The SMILES string of the molecule is CCOc1ccc(NC(C)c2cccc(OC(F)F)c2)cc1CO. The Labute approximate surface area is 140 Å². The van der Waals surface area contributed by atoms with E-state index in [1.165, 1.54) is 6.07 Å². The van der Waals surface area contributed by atoms with E-state index in [9.17, 15) is 13.9 Å². The van der Waals surface area contributed by atoms with Crippen LogP contribution in [0.15, 0.2) is 42.5 Å². The molecule has 0 radical (unpaired) electrons. The van der Waals surface area contributed by atoms with Crippen LogP contribution < -0.4 is 14.8 Å². The number of aliphatic hydroxyl groups is 1. The van der Waals surface area contributed by atoms with E-state index in [1.807, 2.05) is 26.0 Å². The lowest BCUT2D eigenvalue weighted by Crippen LogP contribution is -2.08. The van der Waals surface area contributed by atoms with Gasteiger partial charge in [-0.25, -0.2) is 0 Å². The highest BCUT2D eigenvalue weighted by Gasteiger charge is 2.11. The molecule has 1 atom stereocenters. The summed E-state index contributed by atoms with van der Waals surface area (Å²) in [6.07, 6.45) is 0. The fraction of sp³-hybridized carbons (Fsp3) is 0.333. The second-order valence-electron chi connectivity index (χ2n) is 5.23. The van der Waals surface area contributed by atoms with Crippen molar-refractivity contribution >= 4 is 5.69 Å². The van der Waals surface area contributed by atoms with Gasteiger partial charge in [0.05, 0.1) is 13.2 Å². The van der Waals surface area contributed by atoms with Crippen molar-refractivity contribution in [2.24, 2.45) is 0 Å². The molecule has 0 fully saturated rings. The molecule has 0 heterocycles. The molecule has 24 heavy (non-hydrogen) atoms. The fourth-order valence-corrected chi connectivity index (χ4v) is 2.38. The molecular formula is C18H21F2NO3. The summed E-state index contributed by atoms with van der Waals surface area (Å²) in [6, 6.07) is 11.9. The number of hydrogen-bond acceptors (Lipinski definition) is 4. The Kier molecular flexibility index (Phi) is 6.37. The first kappa shape index (κ1) is 18.0. The van der Waals surface area contributed by atoms with Crippen molar-refractivity contribution in [2.75, 3.05) is 11.9 Å². The quantitative estimate of drug-likeness (QED) is 0.752. The lowest BCUT2D eigenvalue weighted by molar-refractivity contribution is -0.0498. The average molecular weight is 337 g/mol. The van der Waals surface area contributed by atoms with Crippen molar-refractivity contribution in [2.45, 2.75) is 33.1 Å². The number of rotatable bonds is 8. The van der Waals surface area contributed by atoms with Gasteiger partial charge >= 0.3 is 6.61 Å². The summed E-state index contributed by atoms with van der Waals surface area (Å²) in [5.74, 6) is 0.768. The molecule has 0 spiro atoms. The molecule has 0 aliphatic carbocycles. The fourth-order valence-electron chi connectivity index (χ4n) is 2.38. The van der Waals surface area contributed by atoms with Gasteiger partial charge in [-0.15, -0.1) is 0 Å². The van der Waals surface area contributed by atoms with Gasteiger partial charge in [0.25, 0.3) is 0 Å². The molecule has 6 heteroatoms. The lowest BCUT2D eigenvalue weighted by Gasteiger charge is -2.18. The first-order valence-corrected chi connectivity index (χ1v) is 7.71. The number of halogens is 2. The molecule has 2 aromatic carbocycles. The van der Waals surface area contributed by atoms with E-state index in [2.05, 4.69) is 10.1 Å². The predicted molar refractivity (Wildman–Crippen MR) is 88.6 cm³/mol. The Morgan fingerprint density at radius 1 is 1.17 bits per heavy atom. The van der Waals surface area contributed by atoms with Crippen LogP contribution in [-0.4, -0.2) is 18.3 Å². The standard InChI is InChI=1S/C18H21F2NO3/c1-3-23-17-8-7-15(9-14(17)11-22)21-12(2)13-5-4-6-16(10-13)24-18(19)20/h4-10,12,18,21-22H,3,11H2,1-2H3. The Bertz CT molecular complexity index is 664. The van der Waals surface area contributed by atoms with Crippen LogP contribution in [0.3, 0.4) is 0 Å². The molecule has 1 unspecified atom stereocenters. The summed E-state index contributed by atoms with van der Waals surface area (Å²) in [6.45, 7) is 1.34. The van der Waals surface area contributed by atoms with Crippen LogP contribution in [0.1, 0.15) is 31.0 Å². The minimum atomic E-state index is -2.85. The van der Waals surface area contributed by atoms with Gasteiger partial charge in [0.15, 0.2) is 0 Å². The molecule has 4 nitrogen and oxygen atoms in total. The van der Waals surface area contributed by atoms with Crippen molar-refractivity contribution in [1.82, 2.24) is 0 Å². The summed E-state index contributed by atoms with van der Waals surface area (Å²) in [5.41, 5.74) is 2.30. The largest absolute Gasteiger partial charge is 0.494 e. The van der Waals surface area contributed by atoms with E-state index in [-0.39, 0.29) is 18.4 Å². The van der Waals surface area contributed by atoms with Crippen LogP contribution >= 0.6 is 0 Å². The molecule has 0 aliphatic rings. The summed E-state index contributed by atoms with van der Waals surface area (Å²) in [4.78, 5) is 0. The summed E-state index contributed by atoms with van der Waals surface area (Å²) in [7, 11) is 0. The number of aliphatic hydroxyl groups excluding tert-OH is 1. The number of hydrogen-bond donors (Lipinski definition) is 2. The van der Waals surface area contributed by atoms with E-state index in [4.69, 9.17) is 4.74 Å². The maximum absolute atomic E-state index is 12.3. The van der Waals surface area contributed by atoms with Crippen molar-refractivity contribution in [3.8, 4) is 11.5 Å². The number of nitrogens with one attached hydrogen (secondary N) is 1. The molecule has 0 amide bonds. The molecule has 2 rings (SSSR count). The van der Waals surface area contributed by atoms with Gasteiger partial charge in [0.2, 0.25) is 0 Å². The summed E-state index contributed by atoms with van der Waals surface area (Å²) < 4.78 is 34.5. The minimum Gasteiger partial charge on any atom is -0.494 e. The van der Waals surface area contributed by atoms with E-state index < -0.39 is 6.61 Å². The number of ether oxygens (including phenoxy) is 2. The molecule has 0 aliphatic heterocycles. The number of benzene rings is 2. The molecule has 0 saturated heterocycles. The second kappa shape index (κ2) is 8.49. The first-order valence-electron chi connectivity index (χ1n) is 7.71. The second-order valence-corrected chi connectivity index (χ2v) is 5.23. The highest BCUT2D eigenvalue weighted by molar-refractivity contribution is 5.52. The Balaban J connectivity index is 2.13. The van der Waals surface area contributed by atoms with Crippen LogP contribution in [-0.2, 0) is 6.61 Å². The van der Waals surface area contributed by atoms with Gasteiger partial charge in [-0.1, -0.05) is 12.1 Å². The normalized spacial score (nSPS) is 12.1. The van der Waals surface area contributed by atoms with Crippen LogP contribution in [0, 0.1) is 0 Å². The summed E-state index contributed by atoms with van der Waals surface area (Å²) in [5, 5.41) is 12.7. The van der Waals surface area contributed by atoms with E-state index in [0.29, 0.717) is 17.9 Å². The van der Waals surface area contributed by atoms with Crippen LogP contribution in [0.2, 0.25) is 0 Å². The van der Waals surface area contributed by atoms with Gasteiger partial charge in [0.1, 0.15) is 11.5 Å². The smallest absolute Gasteiger partial charge is 0.387 e. The van der Waals surface area contributed by atoms with Crippen molar-refractivity contribution in [3.05, 3.63) is 53.6 Å². The molecule has 0 saturated carbocycles. The Morgan fingerprint density at radius 2 is 1.96 bits per heavy atom. The minimum absolute atomic E-state index is 0.124. The topological polar surface area (TPSA) is 50.7 Å². The highest BCUT2D eigenvalue weighted by atomic mass is 19.3. The van der Waals surface area contributed by atoms with Crippen molar-refractivity contribution in [3.63, 3.8) is 0 Å². The van der Waals surface area contributed by atoms with Gasteiger partial charge in [-0.05, 0) is 49.7 Å². The van der Waals surface area contributed by atoms with Crippen molar-refractivity contribution < 1.29 is 23.4 Å². The maximum Gasteiger partial charge on any atom is 0.387 e. The van der Waals surface area contributed by atoms with Crippen LogP contribution in [0.5, 0.6) is 11.5 Å². The lowest BCUT2D eigenvalue weighted by atomic mass is 10.1. The zero-order valence-corrected chi connectivity index (χ0v) is 13.6. The Hall–Kier alpha value is -2.34. The summed E-state index contributed by atoms with van der Waals surface area (Å²) >= 11 is 0. The van der Waals surface area contributed by atoms with Crippen LogP contribution in [0.4, 0.5) is 14.5 Å². The molecule has 2 aromatic rings. The van der Waals surface area contributed by atoms with Gasteiger partial charge in [-0.3, -0.25) is 0 Å². The first-order chi connectivity index (χ1) is 11.5. The molecule has 0 bridgehead atoms. The maximum atomic E-state index is 12.3. The predicted octanol–water partition coefficient (Wildman–Crippen LogP) is 4.35. The number of alkyl halides is 2. The molecule has 0 aromatic heterocycles. The van der Waals surface area contributed by atoms with E-state index >= 15 is 0 Å². The zero-order valence-electron chi connectivity index (χ0n) is 13.6. The van der Waals surface area contributed by atoms with Gasteiger partial charge < -0.3 is 19.9 Å². The molecular weight excluding hydrogens is 316 g/mol. The van der Waals surface area contributed by atoms with Crippen LogP contribution in [0.25, 0.3) is 0 Å². The van der Waals surface area contributed by atoms with Crippen molar-refractivity contribution in [1.29, 1.82) is 0 Å².